The predicted octanol–water partition coefficient (Wildman–Crippen LogP) is 4.07. The second-order valence-electron chi connectivity index (χ2n) is 11.1. The first-order chi connectivity index (χ1) is 17.8. The lowest BCUT2D eigenvalue weighted by atomic mass is 9.98. The van der Waals surface area contributed by atoms with Crippen LogP contribution < -0.4 is 10.6 Å². The maximum Gasteiger partial charge on any atom is 0.265 e. The van der Waals surface area contributed by atoms with E-state index in [1.165, 1.54) is 19.2 Å². The van der Waals surface area contributed by atoms with Crippen molar-refractivity contribution in [2.45, 2.75) is 96.9 Å². The van der Waals surface area contributed by atoms with Crippen LogP contribution in [-0.4, -0.2) is 74.2 Å². The van der Waals surface area contributed by atoms with Crippen molar-refractivity contribution in [1.82, 2.24) is 15.2 Å². The molecule has 210 valence electrons. The number of aliphatic imine (C=N–C) groups is 1. The summed E-state index contributed by atoms with van der Waals surface area (Å²) in [6, 6.07) is -0.0235. The molecule has 3 N–H and O–H groups in total. The number of alkyl halides is 2. The molecule has 38 heavy (non-hydrogen) atoms. The van der Waals surface area contributed by atoms with Gasteiger partial charge < -0.3 is 20.6 Å². The summed E-state index contributed by atoms with van der Waals surface area (Å²) in [6.07, 6.45) is 3.21. The van der Waals surface area contributed by atoms with E-state index in [0.29, 0.717) is 18.3 Å². The number of carbonyl (C=O) groups excluding carboxylic acids is 2. The van der Waals surface area contributed by atoms with Gasteiger partial charge in [0, 0.05) is 42.5 Å². The summed E-state index contributed by atoms with van der Waals surface area (Å²) in [7, 11) is 0. The van der Waals surface area contributed by atoms with Gasteiger partial charge in [-0.3, -0.25) is 14.6 Å². The Labute approximate surface area is 228 Å². The minimum Gasteiger partial charge on any atom is -0.389 e. The Bertz CT molecular complexity index is 1070. The second-order valence-corrected chi connectivity index (χ2v) is 11.5. The molecule has 8 nitrogen and oxygen atoms in total. The van der Waals surface area contributed by atoms with Crippen LogP contribution in [0.2, 0.25) is 0 Å². The van der Waals surface area contributed by atoms with Gasteiger partial charge in [0.05, 0.1) is 16.2 Å². The van der Waals surface area contributed by atoms with Crippen molar-refractivity contribution < 1.29 is 23.5 Å². The Balaban J connectivity index is 1.95. The number of aliphatic hydroxyl groups is 1. The first-order valence-electron chi connectivity index (χ1n) is 13.2. The highest BCUT2D eigenvalue weighted by molar-refractivity contribution is 7.81. The number of halogens is 2. The molecule has 1 saturated carbocycles. The van der Waals surface area contributed by atoms with Gasteiger partial charge in [0.25, 0.3) is 18.2 Å². The van der Waals surface area contributed by atoms with Crippen molar-refractivity contribution in [3.63, 3.8) is 0 Å². The second kappa shape index (κ2) is 12.5. The molecule has 2 unspecified atom stereocenters. The first-order valence-corrected chi connectivity index (χ1v) is 13.6. The minimum atomic E-state index is -2.85. The molecule has 3 rings (SSSR count). The van der Waals surface area contributed by atoms with Crippen LogP contribution in [0.15, 0.2) is 17.3 Å². The van der Waals surface area contributed by atoms with Gasteiger partial charge in [-0.05, 0) is 78.7 Å². The molecule has 0 aromatic carbocycles. The summed E-state index contributed by atoms with van der Waals surface area (Å²) in [5.74, 6) is -0.188. The van der Waals surface area contributed by atoms with Crippen molar-refractivity contribution in [2.75, 3.05) is 18.4 Å². The number of anilines is 1. The zero-order valence-electron chi connectivity index (χ0n) is 22.8. The number of hydrogen-bond acceptors (Lipinski definition) is 7. The van der Waals surface area contributed by atoms with Gasteiger partial charge >= 0.3 is 0 Å². The Kier molecular flexibility index (Phi) is 9.91. The van der Waals surface area contributed by atoms with Crippen LogP contribution in [0.3, 0.4) is 0 Å². The lowest BCUT2D eigenvalue weighted by Gasteiger charge is -2.35. The first kappa shape index (κ1) is 30.0. The highest BCUT2D eigenvalue weighted by Crippen LogP contribution is 2.34. The average Bonchev–Trinajstić information content (AvgIpc) is 3.70. The van der Waals surface area contributed by atoms with Crippen molar-refractivity contribution in [1.29, 1.82) is 0 Å². The summed E-state index contributed by atoms with van der Waals surface area (Å²) in [5.41, 5.74) is -1.55. The van der Waals surface area contributed by atoms with Crippen LogP contribution in [0, 0.1) is 5.92 Å². The van der Waals surface area contributed by atoms with Crippen LogP contribution in [0.1, 0.15) is 84.3 Å². The molecule has 0 spiro atoms. The van der Waals surface area contributed by atoms with E-state index in [1.807, 2.05) is 13.8 Å². The Morgan fingerprint density at radius 2 is 1.97 bits per heavy atom. The molecular weight excluding hydrogens is 512 g/mol. The van der Waals surface area contributed by atoms with Crippen LogP contribution in [-0.2, 0) is 9.59 Å². The number of piperidine rings is 1. The fourth-order valence-corrected chi connectivity index (χ4v) is 4.84. The lowest BCUT2D eigenvalue weighted by Crippen LogP contribution is -2.49. The van der Waals surface area contributed by atoms with Gasteiger partial charge in [-0.1, -0.05) is 12.2 Å². The molecule has 1 saturated heterocycles. The molecule has 2 heterocycles. The maximum absolute atomic E-state index is 14.2. The number of aromatic nitrogens is 1. The van der Waals surface area contributed by atoms with E-state index < -0.39 is 29.9 Å². The third-order valence-electron chi connectivity index (χ3n) is 7.04. The molecule has 1 aliphatic heterocycles. The summed E-state index contributed by atoms with van der Waals surface area (Å²) < 4.78 is 28.5. The molecule has 1 aromatic rings. The number of hydrogen-bond donors (Lipinski definition) is 3. The van der Waals surface area contributed by atoms with E-state index in [1.54, 1.807) is 18.7 Å². The number of rotatable bonds is 11. The molecule has 0 bridgehead atoms. The largest absolute Gasteiger partial charge is 0.389 e. The molecule has 1 aliphatic carbocycles. The predicted molar refractivity (Wildman–Crippen MR) is 148 cm³/mol. The van der Waals surface area contributed by atoms with Gasteiger partial charge in [0.15, 0.2) is 6.04 Å². The Morgan fingerprint density at radius 1 is 1.29 bits per heavy atom. The number of nitrogens with zero attached hydrogens (tertiary/aromatic N) is 3. The summed E-state index contributed by atoms with van der Waals surface area (Å²) in [4.78, 5) is 36.6. The Morgan fingerprint density at radius 3 is 2.55 bits per heavy atom. The van der Waals surface area contributed by atoms with E-state index in [9.17, 15) is 23.5 Å². The van der Waals surface area contributed by atoms with Crippen molar-refractivity contribution in [2.24, 2.45) is 10.9 Å². The average molecular weight is 552 g/mol. The number of carbonyl (C=O) groups is 2. The number of amides is 2. The van der Waals surface area contributed by atoms with Crippen LogP contribution >= 0.6 is 12.2 Å². The van der Waals surface area contributed by atoms with Gasteiger partial charge in [-0.2, -0.15) is 0 Å². The SMILES string of the molecule is C/C(=N\C(C(=O)N1CCCC[C@@H]1C)C(=S)c1cnc(NC(C)C2CC2)cc1C(F)F)C(=O)NCC(C)(C)O. The van der Waals surface area contributed by atoms with E-state index >= 15 is 0 Å². The van der Waals surface area contributed by atoms with Crippen LogP contribution in [0.4, 0.5) is 14.6 Å². The van der Waals surface area contributed by atoms with Gasteiger partial charge in [-0.25, -0.2) is 13.8 Å². The molecule has 1 aromatic heterocycles. The smallest absolute Gasteiger partial charge is 0.265 e. The fraction of sp³-hybridized carbons (Fsp3) is 0.667. The topological polar surface area (TPSA) is 107 Å². The van der Waals surface area contributed by atoms with Gasteiger partial charge in [0.1, 0.15) is 5.82 Å². The molecule has 0 radical (unpaired) electrons. The van der Waals surface area contributed by atoms with Crippen LogP contribution in [0.25, 0.3) is 0 Å². The van der Waals surface area contributed by atoms with Crippen LogP contribution in [0.5, 0.6) is 0 Å². The van der Waals surface area contributed by atoms with E-state index in [-0.39, 0.29) is 40.3 Å². The zero-order valence-corrected chi connectivity index (χ0v) is 23.6. The quantitative estimate of drug-likeness (QED) is 0.218. The number of thiocarbonyl (C=S) groups is 1. The number of likely N-dealkylation sites (tertiary alicyclic amines) is 1. The minimum absolute atomic E-state index is 0.0297. The van der Waals surface area contributed by atoms with Crippen molar-refractivity contribution in [3.8, 4) is 0 Å². The molecule has 3 atom stereocenters. The molecule has 2 amide bonds. The zero-order chi connectivity index (χ0) is 28.2. The summed E-state index contributed by atoms with van der Waals surface area (Å²) >= 11 is 5.62. The maximum atomic E-state index is 14.2. The molecule has 2 fully saturated rings. The summed E-state index contributed by atoms with van der Waals surface area (Å²) in [6.45, 7) is 8.91. The molecular formula is C27H39F2N5O3S. The number of nitrogens with one attached hydrogen (secondary N) is 2. The standard InChI is InChI=1S/C27H39F2N5O3S/c1-15-8-6-7-11-34(15)26(36)22(33-17(3)25(35)31-14-27(4,5)37)23(38)20-13-30-21(12-19(20)24(28)29)32-16(2)18-9-10-18/h12-13,15-16,18,22,24,37H,6-11,14H2,1-5H3,(H,30,32)(H,31,35)/b33-17+/t15-,16?,22?/m0/s1. The van der Waals surface area contributed by atoms with Crippen molar-refractivity contribution in [3.05, 3.63) is 23.4 Å². The van der Waals surface area contributed by atoms with E-state index in [2.05, 4.69) is 20.6 Å². The monoisotopic (exact) mass is 551 g/mol. The van der Waals surface area contributed by atoms with Gasteiger partial charge in [-0.15, -0.1) is 0 Å². The fourth-order valence-electron chi connectivity index (χ4n) is 4.52. The Hall–Kier alpha value is -2.53. The molecule has 2 aliphatic rings. The highest BCUT2D eigenvalue weighted by Gasteiger charge is 2.35. The third kappa shape index (κ3) is 7.99. The lowest BCUT2D eigenvalue weighted by molar-refractivity contribution is -0.134. The third-order valence-corrected chi connectivity index (χ3v) is 7.49. The van der Waals surface area contributed by atoms with E-state index in [0.717, 1.165) is 32.1 Å². The summed E-state index contributed by atoms with van der Waals surface area (Å²) in [5, 5.41) is 15.7. The highest BCUT2D eigenvalue weighted by atomic mass is 32.1. The number of pyridine rings is 1. The normalized spacial score (nSPS) is 20.2. The van der Waals surface area contributed by atoms with E-state index in [4.69, 9.17) is 12.2 Å². The van der Waals surface area contributed by atoms with Gasteiger partial charge in [0.2, 0.25) is 0 Å². The molecule has 11 heteroatoms. The van der Waals surface area contributed by atoms with Crippen molar-refractivity contribution >= 4 is 40.4 Å².